The number of rotatable bonds is 9. The number of nitrogens with one attached hydrogen (secondary N) is 1. The van der Waals surface area contributed by atoms with Gasteiger partial charge in [0, 0.05) is 17.8 Å². The third-order valence-electron chi connectivity index (χ3n) is 5.14. The van der Waals surface area contributed by atoms with Gasteiger partial charge in [-0.3, -0.25) is 10.1 Å². The minimum absolute atomic E-state index is 0.00286. The van der Waals surface area contributed by atoms with Crippen LogP contribution in [0.2, 0.25) is 5.02 Å². The quantitative estimate of drug-likeness (QED) is 0.112. The van der Waals surface area contributed by atoms with Crippen LogP contribution in [-0.4, -0.2) is 35.9 Å². The van der Waals surface area contributed by atoms with Gasteiger partial charge in [-0.2, -0.15) is 21.6 Å². The van der Waals surface area contributed by atoms with Crippen molar-refractivity contribution in [3.05, 3.63) is 81.6 Å². The molecule has 11 nitrogen and oxygen atoms in total. The highest BCUT2D eigenvalue weighted by atomic mass is 35.5. The fourth-order valence-corrected chi connectivity index (χ4v) is 3.96. The number of benzene rings is 3. The molecule has 3 aromatic carbocycles. The maximum Gasteiger partial charge on any atom is 0.534 e. The second-order valence-electron chi connectivity index (χ2n) is 7.71. The van der Waals surface area contributed by atoms with Gasteiger partial charge in [0.2, 0.25) is 5.75 Å². The molecule has 1 aromatic heterocycles. The summed E-state index contributed by atoms with van der Waals surface area (Å²) in [4.78, 5) is 18.3. The predicted molar refractivity (Wildman–Crippen MR) is 134 cm³/mol. The van der Waals surface area contributed by atoms with Crippen molar-refractivity contribution in [1.29, 1.82) is 0 Å². The average Bonchev–Trinajstić information content (AvgIpc) is 2.87. The molecule has 0 saturated carbocycles. The average molecular weight is 585 g/mol. The summed E-state index contributed by atoms with van der Waals surface area (Å²) in [6.45, 7) is 0.227. The van der Waals surface area contributed by atoms with Crippen molar-refractivity contribution in [2.45, 2.75) is 12.1 Å². The zero-order chi connectivity index (χ0) is 28.4. The molecule has 0 atom stereocenters. The molecule has 0 unspecified atom stereocenters. The molecule has 204 valence electrons. The van der Waals surface area contributed by atoms with E-state index in [1.807, 2.05) is 12.1 Å². The smallest absolute Gasteiger partial charge is 0.497 e. The number of nitro benzene ring substituents is 1. The van der Waals surface area contributed by atoms with Crippen LogP contribution in [0.1, 0.15) is 5.56 Å². The summed E-state index contributed by atoms with van der Waals surface area (Å²) in [6.07, 6.45) is 1.02. The second kappa shape index (κ2) is 10.8. The Labute approximate surface area is 223 Å². The SMILES string of the molecule is COc1ccc(COc2ccc(Nc3ncnc4cc(OS(=O)(=O)C(F)(F)F)c([N+](=O)[O-])cc34)cc2Cl)cc1. The Morgan fingerprint density at radius 3 is 2.38 bits per heavy atom. The van der Waals surface area contributed by atoms with Crippen molar-refractivity contribution in [1.82, 2.24) is 9.97 Å². The molecule has 16 heteroatoms. The Hall–Kier alpha value is -4.37. The number of anilines is 2. The number of hydrogen-bond donors (Lipinski definition) is 1. The predicted octanol–water partition coefficient (Wildman–Crippen LogP) is 5.75. The van der Waals surface area contributed by atoms with Gasteiger partial charge >= 0.3 is 21.3 Å². The summed E-state index contributed by atoms with van der Waals surface area (Å²) < 4.78 is 75.9. The lowest BCUT2D eigenvalue weighted by molar-refractivity contribution is -0.385. The maximum atomic E-state index is 12.8. The molecule has 0 bridgehead atoms. The molecule has 0 radical (unpaired) electrons. The highest BCUT2D eigenvalue weighted by Gasteiger charge is 2.49. The molecule has 0 aliphatic carbocycles. The molecular weight excluding hydrogens is 569 g/mol. The van der Waals surface area contributed by atoms with Crippen molar-refractivity contribution in [3.8, 4) is 17.2 Å². The molecule has 0 aliphatic rings. The number of methoxy groups -OCH3 is 1. The van der Waals surface area contributed by atoms with E-state index in [1.165, 1.54) is 6.07 Å². The number of halogens is 4. The largest absolute Gasteiger partial charge is 0.534 e. The van der Waals surface area contributed by atoms with E-state index in [9.17, 15) is 31.7 Å². The highest BCUT2D eigenvalue weighted by Crippen LogP contribution is 2.38. The van der Waals surface area contributed by atoms with E-state index in [4.69, 9.17) is 21.1 Å². The van der Waals surface area contributed by atoms with Crippen LogP contribution in [0.3, 0.4) is 0 Å². The Bertz CT molecular complexity index is 1650. The normalized spacial score (nSPS) is 11.7. The molecule has 0 amide bonds. The van der Waals surface area contributed by atoms with E-state index in [2.05, 4.69) is 19.5 Å². The standard InChI is InChI=1S/C23H16ClF3N4O7S/c1-36-15-5-2-13(3-6-15)11-37-20-7-4-14(8-17(20)24)30-22-16-9-19(31(32)33)21(10-18(16)28-12-29-22)38-39(34,35)23(25,26)27/h2-10,12H,11H2,1H3,(H,28,29,30). The summed E-state index contributed by atoms with van der Waals surface area (Å²) in [5, 5.41) is 14.6. The summed E-state index contributed by atoms with van der Waals surface area (Å²) >= 11 is 6.34. The van der Waals surface area contributed by atoms with E-state index < -0.39 is 32.0 Å². The molecule has 4 rings (SSSR count). The van der Waals surface area contributed by atoms with E-state index in [1.54, 1.807) is 31.4 Å². The van der Waals surface area contributed by atoms with E-state index in [0.29, 0.717) is 23.3 Å². The molecular formula is C23H16ClF3N4O7S. The molecule has 4 aromatic rings. The van der Waals surface area contributed by atoms with Gasteiger partial charge in [-0.25, -0.2) is 9.97 Å². The van der Waals surface area contributed by atoms with Crippen molar-refractivity contribution >= 4 is 49.8 Å². The van der Waals surface area contributed by atoms with Gasteiger partial charge in [-0.05, 0) is 35.9 Å². The van der Waals surface area contributed by atoms with Crippen LogP contribution in [0.4, 0.5) is 30.4 Å². The van der Waals surface area contributed by atoms with Crippen LogP contribution in [0.15, 0.2) is 60.9 Å². The van der Waals surface area contributed by atoms with Crippen molar-refractivity contribution in [2.24, 2.45) is 0 Å². The lowest BCUT2D eigenvalue weighted by Crippen LogP contribution is -2.28. The van der Waals surface area contributed by atoms with Crippen molar-refractivity contribution in [2.75, 3.05) is 12.4 Å². The first-order valence-electron chi connectivity index (χ1n) is 10.6. The summed E-state index contributed by atoms with van der Waals surface area (Å²) in [7, 11) is -4.61. The second-order valence-corrected chi connectivity index (χ2v) is 9.65. The molecule has 0 spiro atoms. The van der Waals surface area contributed by atoms with Gasteiger partial charge in [0.25, 0.3) is 0 Å². The number of aromatic nitrogens is 2. The van der Waals surface area contributed by atoms with E-state index in [0.717, 1.165) is 18.0 Å². The fourth-order valence-electron chi connectivity index (χ4n) is 3.26. The van der Waals surface area contributed by atoms with Crippen LogP contribution in [0.5, 0.6) is 17.2 Å². The van der Waals surface area contributed by atoms with Gasteiger partial charge < -0.3 is 19.0 Å². The maximum absolute atomic E-state index is 12.8. The van der Waals surface area contributed by atoms with E-state index >= 15 is 0 Å². The summed E-state index contributed by atoms with van der Waals surface area (Å²) in [5.74, 6) is -0.0639. The third kappa shape index (κ3) is 6.21. The van der Waals surface area contributed by atoms with Gasteiger partial charge in [0.05, 0.1) is 28.0 Å². The number of hydrogen-bond acceptors (Lipinski definition) is 10. The van der Waals surface area contributed by atoms with Crippen molar-refractivity contribution in [3.63, 3.8) is 0 Å². The molecule has 0 saturated heterocycles. The molecule has 1 heterocycles. The van der Waals surface area contributed by atoms with Gasteiger partial charge in [-0.15, -0.1) is 0 Å². The number of nitro groups is 1. The van der Waals surface area contributed by atoms with Crippen LogP contribution in [-0.2, 0) is 16.7 Å². The zero-order valence-corrected chi connectivity index (χ0v) is 21.2. The van der Waals surface area contributed by atoms with Gasteiger partial charge in [0.1, 0.15) is 30.3 Å². The number of nitrogens with zero attached hydrogens (tertiary/aromatic N) is 3. The lowest BCUT2D eigenvalue weighted by Gasteiger charge is -2.13. The van der Waals surface area contributed by atoms with Crippen LogP contribution < -0.4 is 19.0 Å². The summed E-state index contributed by atoms with van der Waals surface area (Å²) in [6, 6.07) is 13.4. The van der Waals surface area contributed by atoms with Crippen LogP contribution >= 0.6 is 11.6 Å². The van der Waals surface area contributed by atoms with Crippen molar-refractivity contribution < 1.29 is 40.2 Å². The molecule has 0 aliphatic heterocycles. The minimum atomic E-state index is -6.16. The lowest BCUT2D eigenvalue weighted by atomic mass is 10.2. The topological polar surface area (TPSA) is 143 Å². The zero-order valence-electron chi connectivity index (χ0n) is 19.6. The van der Waals surface area contributed by atoms with Gasteiger partial charge in [-0.1, -0.05) is 23.7 Å². The molecule has 1 N–H and O–H groups in total. The number of alkyl halides is 3. The Balaban J connectivity index is 1.59. The van der Waals surface area contributed by atoms with Crippen LogP contribution in [0, 0.1) is 10.1 Å². The van der Waals surface area contributed by atoms with E-state index in [-0.39, 0.29) is 28.4 Å². The Morgan fingerprint density at radius 1 is 1.05 bits per heavy atom. The Kier molecular flexibility index (Phi) is 7.65. The third-order valence-corrected chi connectivity index (χ3v) is 6.41. The Morgan fingerprint density at radius 2 is 1.77 bits per heavy atom. The summed E-state index contributed by atoms with van der Waals surface area (Å²) in [5.41, 5.74) is -5.71. The fraction of sp³-hybridized carbons (Fsp3) is 0.130. The highest BCUT2D eigenvalue weighted by molar-refractivity contribution is 7.88. The minimum Gasteiger partial charge on any atom is -0.497 e. The van der Waals surface area contributed by atoms with Gasteiger partial charge in [0.15, 0.2) is 0 Å². The molecule has 0 fully saturated rings. The number of fused-ring (bicyclic) bond motifs is 1. The first kappa shape index (κ1) is 27.7. The first-order valence-corrected chi connectivity index (χ1v) is 12.4. The molecule has 39 heavy (non-hydrogen) atoms. The first-order chi connectivity index (χ1) is 18.4. The number of ether oxygens (including phenoxy) is 2. The van der Waals surface area contributed by atoms with Crippen LogP contribution in [0.25, 0.3) is 10.9 Å². The monoisotopic (exact) mass is 584 g/mol.